The first kappa shape index (κ1) is 8.35. The maximum Gasteiger partial charge on any atom is 0.409 e. The molecule has 1 saturated heterocycles. The summed E-state index contributed by atoms with van der Waals surface area (Å²) in [5.41, 5.74) is 2.52. The Labute approximate surface area is 66.0 Å². The highest BCUT2D eigenvalue weighted by Gasteiger charge is 2.30. The van der Waals surface area contributed by atoms with Crippen LogP contribution in [0, 0.1) is 0 Å². The molecule has 0 aromatic rings. The fourth-order valence-electron chi connectivity index (χ4n) is 0.928. The number of carbonyl (C=O) groups excluding carboxylic acids is 1. The molecule has 1 rings (SSSR count). The number of ether oxygens (including phenoxy) is 1. The number of nitrogens with one attached hydrogen (secondary N) is 1. The predicted molar refractivity (Wildman–Crippen MR) is 37.7 cm³/mol. The summed E-state index contributed by atoms with van der Waals surface area (Å²) in [6.07, 6.45) is -0.319. The minimum Gasteiger partial charge on any atom is -0.453 e. The van der Waals surface area contributed by atoms with Gasteiger partial charge in [0.15, 0.2) is 0 Å². The third-order valence-electron chi connectivity index (χ3n) is 1.55. The molecule has 1 fully saturated rings. The predicted octanol–water partition coefficient (Wildman–Crippen LogP) is -0.958. The van der Waals surface area contributed by atoms with E-state index in [4.69, 9.17) is 8.05 Å². The molecule has 0 aromatic heterocycles. The Kier molecular flexibility index (Phi) is 2.73. The zero-order valence-corrected chi connectivity index (χ0v) is 6.24. The molecular formula is C5H9BN2O3. The van der Waals surface area contributed by atoms with E-state index in [1.165, 1.54) is 12.0 Å². The van der Waals surface area contributed by atoms with Crippen LogP contribution in [0.5, 0.6) is 0 Å². The number of carbonyl (C=O) groups is 1. The van der Waals surface area contributed by atoms with Crippen molar-refractivity contribution >= 4 is 14.1 Å². The molecule has 60 valence electrons. The van der Waals surface area contributed by atoms with Crippen molar-refractivity contribution in [2.24, 2.45) is 0 Å². The van der Waals surface area contributed by atoms with E-state index in [1.54, 1.807) is 0 Å². The molecule has 0 bridgehead atoms. The van der Waals surface area contributed by atoms with Crippen molar-refractivity contribution < 1.29 is 14.3 Å². The zero-order chi connectivity index (χ0) is 8.27. The van der Waals surface area contributed by atoms with Crippen molar-refractivity contribution in [3.8, 4) is 0 Å². The molecule has 0 atom stereocenters. The average molecular weight is 156 g/mol. The summed E-state index contributed by atoms with van der Waals surface area (Å²) < 4.78 is 8.65. The van der Waals surface area contributed by atoms with Crippen molar-refractivity contribution in [3.05, 3.63) is 0 Å². The van der Waals surface area contributed by atoms with Gasteiger partial charge in [-0.15, -0.1) is 0 Å². The van der Waals surface area contributed by atoms with Gasteiger partial charge in [0.25, 0.3) is 0 Å². The Balaban J connectivity index is 2.13. The quantitative estimate of drug-likeness (QED) is 0.413. The average Bonchev–Trinajstić information content (AvgIpc) is 1.94. The van der Waals surface area contributed by atoms with Gasteiger partial charge in [0.1, 0.15) is 0 Å². The number of amides is 1. The molecule has 1 aliphatic heterocycles. The van der Waals surface area contributed by atoms with E-state index < -0.39 is 0 Å². The first-order chi connectivity index (χ1) is 5.27. The van der Waals surface area contributed by atoms with Gasteiger partial charge >= 0.3 is 14.1 Å². The van der Waals surface area contributed by atoms with Gasteiger partial charge in [0, 0.05) is 13.1 Å². The SMILES string of the molecule is [B]ONC1CN(C(=O)OC)C1. The second kappa shape index (κ2) is 3.59. The molecule has 2 radical (unpaired) electrons. The van der Waals surface area contributed by atoms with Crippen LogP contribution in [-0.2, 0) is 9.49 Å². The first-order valence-corrected chi connectivity index (χ1v) is 3.22. The Morgan fingerprint density at radius 1 is 1.73 bits per heavy atom. The summed E-state index contributed by atoms with van der Waals surface area (Å²) in [5.74, 6) is 0. The van der Waals surface area contributed by atoms with Crippen molar-refractivity contribution in [3.63, 3.8) is 0 Å². The molecule has 1 aliphatic rings. The minimum absolute atomic E-state index is 0.124. The maximum atomic E-state index is 10.7. The first-order valence-electron chi connectivity index (χ1n) is 3.22. The van der Waals surface area contributed by atoms with Gasteiger partial charge in [0.05, 0.1) is 13.2 Å². The summed E-state index contributed by atoms with van der Waals surface area (Å²) in [6.45, 7) is 1.15. The Bertz CT molecular complexity index is 149. The van der Waals surface area contributed by atoms with Gasteiger partial charge in [-0.3, -0.25) is 0 Å². The normalized spacial score (nSPS) is 17.7. The molecule has 1 N–H and O–H groups in total. The monoisotopic (exact) mass is 156 g/mol. The molecule has 0 saturated carbocycles. The number of nitrogens with zero attached hydrogens (tertiary/aromatic N) is 1. The highest BCUT2D eigenvalue weighted by molar-refractivity contribution is 5.97. The number of rotatable bonds is 2. The van der Waals surface area contributed by atoms with Crippen LogP contribution >= 0.6 is 0 Å². The zero-order valence-electron chi connectivity index (χ0n) is 6.24. The van der Waals surface area contributed by atoms with Crippen LogP contribution in [0.1, 0.15) is 0 Å². The summed E-state index contributed by atoms with van der Waals surface area (Å²) in [4.78, 5) is 12.3. The molecule has 1 amide bonds. The van der Waals surface area contributed by atoms with Crippen LogP contribution in [-0.4, -0.2) is 45.3 Å². The van der Waals surface area contributed by atoms with Crippen molar-refractivity contribution in [1.82, 2.24) is 10.4 Å². The summed E-state index contributed by atoms with van der Waals surface area (Å²) >= 11 is 0. The fourth-order valence-corrected chi connectivity index (χ4v) is 0.928. The topological polar surface area (TPSA) is 50.8 Å². The van der Waals surface area contributed by atoms with Crippen molar-refractivity contribution in [2.45, 2.75) is 6.04 Å². The Morgan fingerprint density at radius 2 is 2.36 bits per heavy atom. The minimum atomic E-state index is -0.319. The van der Waals surface area contributed by atoms with Crippen LogP contribution in [0.25, 0.3) is 0 Å². The summed E-state index contributed by atoms with van der Waals surface area (Å²) in [5, 5.41) is 0. The highest BCUT2D eigenvalue weighted by Crippen LogP contribution is 2.08. The maximum absolute atomic E-state index is 10.7. The molecule has 0 aromatic carbocycles. The van der Waals surface area contributed by atoms with Crippen LogP contribution in [0.15, 0.2) is 0 Å². The number of hydrogen-bond donors (Lipinski definition) is 1. The van der Waals surface area contributed by atoms with Crippen LogP contribution in [0.4, 0.5) is 4.79 Å². The molecule has 1 heterocycles. The third kappa shape index (κ3) is 1.84. The fraction of sp³-hybridized carbons (Fsp3) is 0.800. The van der Waals surface area contributed by atoms with E-state index in [9.17, 15) is 4.79 Å². The summed E-state index contributed by atoms with van der Waals surface area (Å²) in [7, 11) is 6.10. The van der Waals surface area contributed by atoms with E-state index in [1.807, 2.05) is 0 Å². The van der Waals surface area contributed by atoms with Gasteiger partial charge in [0.2, 0.25) is 0 Å². The van der Waals surface area contributed by atoms with E-state index in [0.717, 1.165) is 0 Å². The van der Waals surface area contributed by atoms with Gasteiger partial charge in [-0.25, -0.2) is 10.3 Å². The third-order valence-corrected chi connectivity index (χ3v) is 1.55. The van der Waals surface area contributed by atoms with E-state index in [-0.39, 0.29) is 12.1 Å². The Morgan fingerprint density at radius 3 is 2.82 bits per heavy atom. The highest BCUT2D eigenvalue weighted by atomic mass is 16.6. The Hall–Kier alpha value is -0.745. The molecule has 6 heteroatoms. The number of likely N-dealkylation sites (tertiary alicyclic amines) is 1. The second-order valence-corrected chi connectivity index (χ2v) is 2.31. The van der Waals surface area contributed by atoms with Gasteiger partial charge in [-0.05, 0) is 0 Å². The lowest BCUT2D eigenvalue weighted by Crippen LogP contribution is -2.59. The van der Waals surface area contributed by atoms with Crippen molar-refractivity contribution in [1.29, 1.82) is 0 Å². The standard InChI is InChI=1S/C5H9BN2O3/c1-10-5(9)8-2-4(3-8)7-11-6/h4,7H,2-3H2,1H3. The largest absolute Gasteiger partial charge is 0.453 e. The second-order valence-electron chi connectivity index (χ2n) is 2.31. The van der Waals surface area contributed by atoms with Crippen molar-refractivity contribution in [2.75, 3.05) is 20.2 Å². The van der Waals surface area contributed by atoms with Gasteiger partial charge in [-0.2, -0.15) is 0 Å². The molecule has 5 nitrogen and oxygen atoms in total. The van der Waals surface area contributed by atoms with E-state index in [2.05, 4.69) is 15.0 Å². The van der Waals surface area contributed by atoms with Gasteiger partial charge in [-0.1, -0.05) is 0 Å². The van der Waals surface area contributed by atoms with Crippen LogP contribution in [0.2, 0.25) is 0 Å². The lowest BCUT2D eigenvalue weighted by molar-refractivity contribution is 0.0404. The number of hydroxylamine groups is 1. The van der Waals surface area contributed by atoms with Crippen LogP contribution in [0.3, 0.4) is 0 Å². The molecule has 0 unspecified atom stereocenters. The molecule has 11 heavy (non-hydrogen) atoms. The number of methoxy groups -OCH3 is 1. The lowest BCUT2D eigenvalue weighted by Gasteiger charge is -2.37. The van der Waals surface area contributed by atoms with Gasteiger partial charge < -0.3 is 14.4 Å². The molecular weight excluding hydrogens is 147 g/mol. The molecule has 0 spiro atoms. The number of hydrogen-bond acceptors (Lipinski definition) is 4. The van der Waals surface area contributed by atoms with E-state index >= 15 is 0 Å². The van der Waals surface area contributed by atoms with E-state index in [0.29, 0.717) is 13.1 Å². The molecule has 0 aliphatic carbocycles. The van der Waals surface area contributed by atoms with Crippen LogP contribution < -0.4 is 5.48 Å². The lowest BCUT2D eigenvalue weighted by atomic mass is 10.1. The smallest absolute Gasteiger partial charge is 0.409 e. The summed E-state index contributed by atoms with van der Waals surface area (Å²) in [6, 6.07) is 0.124.